The average molecular weight is 466 g/mol. The number of ether oxygens (including phenoxy) is 1. The van der Waals surface area contributed by atoms with Crippen LogP contribution in [0.4, 0.5) is 17.5 Å². The first-order valence-corrected chi connectivity index (χ1v) is 12.1. The Morgan fingerprint density at radius 1 is 1.18 bits per heavy atom. The van der Waals surface area contributed by atoms with Crippen LogP contribution in [0, 0.1) is 11.8 Å². The Labute approximate surface area is 194 Å². The van der Waals surface area contributed by atoms with Gasteiger partial charge in [-0.25, -0.2) is 9.19 Å². The van der Waals surface area contributed by atoms with Crippen LogP contribution in [0.1, 0.15) is 25.0 Å². The summed E-state index contributed by atoms with van der Waals surface area (Å²) in [6.45, 7) is 4.31. The third-order valence-corrected chi connectivity index (χ3v) is 5.53. The van der Waals surface area contributed by atoms with Gasteiger partial charge in [0.1, 0.15) is 11.6 Å². The maximum Gasteiger partial charge on any atom is 0.229 e. The molecule has 0 saturated heterocycles. The highest BCUT2D eigenvalue weighted by molar-refractivity contribution is 7.98. The Morgan fingerprint density at radius 2 is 1.88 bits per heavy atom. The molecule has 0 spiro atoms. The Morgan fingerprint density at radius 3 is 2.48 bits per heavy atom. The van der Waals surface area contributed by atoms with Crippen LogP contribution in [-0.4, -0.2) is 44.4 Å². The van der Waals surface area contributed by atoms with Crippen LogP contribution >= 0.6 is 0 Å². The maximum atomic E-state index is 11.9. The molecule has 3 aromatic rings. The van der Waals surface area contributed by atoms with E-state index in [1.165, 1.54) is 0 Å². The largest absolute Gasteiger partial charge is 0.494 e. The zero-order valence-corrected chi connectivity index (χ0v) is 19.4. The molecular formula is C24H27N5O3S. The van der Waals surface area contributed by atoms with E-state index >= 15 is 0 Å². The summed E-state index contributed by atoms with van der Waals surface area (Å²) >= 11 is 0. The van der Waals surface area contributed by atoms with Crippen LogP contribution in [0.2, 0.25) is 0 Å². The molecule has 8 nitrogen and oxygen atoms in total. The SMILES string of the molecule is C=S(N)(=O)c1ccc(Nc2ncc(C#Cc3ccc(OCC)cc3)c(N[C@H](C)CO)n2)cc1. The second-order valence-corrected chi connectivity index (χ2v) is 9.19. The summed E-state index contributed by atoms with van der Waals surface area (Å²) in [5.41, 5.74) is 2.10. The molecule has 0 fully saturated rings. The summed E-state index contributed by atoms with van der Waals surface area (Å²) in [4.78, 5) is 9.32. The Kier molecular flexibility index (Phi) is 7.90. The molecule has 0 radical (unpaired) electrons. The van der Waals surface area contributed by atoms with Gasteiger partial charge in [0, 0.05) is 22.2 Å². The molecule has 0 aliphatic heterocycles. The van der Waals surface area contributed by atoms with Crippen LogP contribution in [-0.2, 0) is 9.71 Å². The van der Waals surface area contributed by atoms with Crippen LogP contribution in [0.25, 0.3) is 0 Å². The maximum absolute atomic E-state index is 11.9. The number of hydrogen-bond acceptors (Lipinski definition) is 7. The number of hydrogen-bond donors (Lipinski definition) is 4. The highest BCUT2D eigenvalue weighted by atomic mass is 32.2. The minimum Gasteiger partial charge on any atom is -0.494 e. The fraction of sp³-hybridized carbons (Fsp3) is 0.208. The lowest BCUT2D eigenvalue weighted by Gasteiger charge is -2.14. The summed E-state index contributed by atoms with van der Waals surface area (Å²) in [5, 5.41) is 21.3. The number of nitrogens with one attached hydrogen (secondary N) is 2. The van der Waals surface area contributed by atoms with Crippen molar-refractivity contribution in [1.82, 2.24) is 9.97 Å². The van der Waals surface area contributed by atoms with E-state index in [4.69, 9.17) is 9.88 Å². The van der Waals surface area contributed by atoms with E-state index in [-0.39, 0.29) is 12.6 Å². The van der Waals surface area contributed by atoms with E-state index < -0.39 is 9.71 Å². The molecule has 2 aromatic carbocycles. The normalized spacial score (nSPS) is 13.2. The number of anilines is 3. The number of nitrogens with zero attached hydrogens (tertiary/aromatic N) is 2. The number of aliphatic hydroxyl groups is 1. The molecule has 33 heavy (non-hydrogen) atoms. The Hall–Kier alpha value is -3.58. The number of aliphatic hydroxyl groups excluding tert-OH is 1. The minimum absolute atomic E-state index is 0.0661. The minimum atomic E-state index is -2.77. The summed E-state index contributed by atoms with van der Waals surface area (Å²) < 4.78 is 17.3. The van der Waals surface area contributed by atoms with Gasteiger partial charge in [0.2, 0.25) is 5.95 Å². The summed E-state index contributed by atoms with van der Waals surface area (Å²) in [7, 11) is -2.77. The van der Waals surface area contributed by atoms with Gasteiger partial charge in [0.05, 0.1) is 34.7 Å². The zero-order chi connectivity index (χ0) is 23.8. The van der Waals surface area contributed by atoms with Crippen molar-refractivity contribution in [1.29, 1.82) is 0 Å². The van der Waals surface area contributed by atoms with Gasteiger partial charge >= 0.3 is 0 Å². The summed E-state index contributed by atoms with van der Waals surface area (Å²) in [6, 6.07) is 14.0. The van der Waals surface area contributed by atoms with E-state index in [0.717, 1.165) is 11.3 Å². The zero-order valence-electron chi connectivity index (χ0n) is 18.5. The van der Waals surface area contributed by atoms with Gasteiger partial charge in [0.15, 0.2) is 0 Å². The quantitative estimate of drug-likeness (QED) is 0.298. The summed E-state index contributed by atoms with van der Waals surface area (Å²) in [6.07, 6.45) is 1.61. The average Bonchev–Trinajstić information content (AvgIpc) is 2.79. The van der Waals surface area contributed by atoms with Crippen molar-refractivity contribution in [2.24, 2.45) is 5.14 Å². The molecule has 5 N–H and O–H groups in total. The van der Waals surface area contributed by atoms with Crippen molar-refractivity contribution >= 4 is 33.0 Å². The van der Waals surface area contributed by atoms with Crippen LogP contribution in [0.5, 0.6) is 5.75 Å². The lowest BCUT2D eigenvalue weighted by molar-refractivity contribution is 0.281. The molecule has 9 heteroatoms. The predicted molar refractivity (Wildman–Crippen MR) is 133 cm³/mol. The molecule has 0 amide bonds. The van der Waals surface area contributed by atoms with Gasteiger partial charge in [-0.2, -0.15) is 4.98 Å². The molecule has 2 atom stereocenters. The second kappa shape index (κ2) is 10.8. The fourth-order valence-corrected chi connectivity index (χ4v) is 3.36. The van der Waals surface area contributed by atoms with Gasteiger partial charge < -0.3 is 20.5 Å². The Bertz CT molecular complexity index is 1250. The third-order valence-electron chi connectivity index (χ3n) is 4.46. The molecule has 1 heterocycles. The lowest BCUT2D eigenvalue weighted by atomic mass is 10.2. The van der Waals surface area contributed by atoms with Gasteiger partial charge in [-0.05, 0) is 68.2 Å². The first kappa shape index (κ1) is 24.1. The molecule has 0 saturated carbocycles. The monoisotopic (exact) mass is 465 g/mol. The smallest absolute Gasteiger partial charge is 0.229 e. The van der Waals surface area contributed by atoms with Crippen LogP contribution < -0.4 is 20.5 Å². The fourth-order valence-electron chi connectivity index (χ4n) is 2.76. The molecule has 0 aliphatic carbocycles. The summed E-state index contributed by atoms with van der Waals surface area (Å²) in [5.74, 6) is 11.3. The van der Waals surface area contributed by atoms with Gasteiger partial charge in [-0.3, -0.25) is 5.14 Å². The molecule has 0 aliphatic rings. The van der Waals surface area contributed by atoms with Crippen LogP contribution in [0.15, 0.2) is 59.6 Å². The lowest BCUT2D eigenvalue weighted by Crippen LogP contribution is -2.21. The number of benzene rings is 2. The van der Waals surface area contributed by atoms with Crippen molar-refractivity contribution in [3.8, 4) is 17.6 Å². The van der Waals surface area contributed by atoms with E-state index in [1.807, 2.05) is 38.1 Å². The van der Waals surface area contributed by atoms with E-state index in [1.54, 1.807) is 30.5 Å². The van der Waals surface area contributed by atoms with Gasteiger partial charge in [-0.1, -0.05) is 11.8 Å². The topological polar surface area (TPSA) is 122 Å². The van der Waals surface area contributed by atoms with Gasteiger partial charge in [0.25, 0.3) is 0 Å². The van der Waals surface area contributed by atoms with Crippen LogP contribution in [0.3, 0.4) is 0 Å². The number of nitrogens with two attached hydrogens (primary N) is 1. The molecule has 172 valence electrons. The third kappa shape index (κ3) is 6.95. The first-order chi connectivity index (χ1) is 15.8. The molecule has 1 unspecified atom stereocenters. The van der Waals surface area contributed by atoms with E-state index in [0.29, 0.717) is 34.5 Å². The number of rotatable bonds is 8. The first-order valence-electron chi connectivity index (χ1n) is 10.3. The highest BCUT2D eigenvalue weighted by Crippen LogP contribution is 2.20. The molecule has 3 rings (SSSR count). The molecule has 1 aromatic heterocycles. The van der Waals surface area contributed by atoms with Crippen molar-refractivity contribution in [3.05, 3.63) is 65.9 Å². The van der Waals surface area contributed by atoms with Gasteiger partial charge in [-0.15, -0.1) is 0 Å². The van der Waals surface area contributed by atoms with E-state index in [2.05, 4.69) is 38.3 Å². The van der Waals surface area contributed by atoms with Crippen molar-refractivity contribution < 1.29 is 14.1 Å². The predicted octanol–water partition coefficient (Wildman–Crippen LogP) is 2.76. The van der Waals surface area contributed by atoms with Crippen molar-refractivity contribution in [2.75, 3.05) is 23.8 Å². The number of aromatic nitrogens is 2. The standard InChI is InChI=1S/C24H27N5O3S/c1-4-32-21-11-6-18(7-12-21)5-8-19-15-26-24(29-23(19)27-17(2)16-30)28-20-9-13-22(14-10-20)33(3,25)31/h6-7,9-15,17,30H,3-4,16H2,1-2H3,(H2,25,31)(H2,26,27,28,29)/t17-,33?/m1/s1. The van der Waals surface area contributed by atoms with E-state index in [9.17, 15) is 9.32 Å². The second-order valence-electron chi connectivity index (χ2n) is 7.27. The molecular weight excluding hydrogens is 438 g/mol. The van der Waals surface area contributed by atoms with Crippen molar-refractivity contribution in [2.45, 2.75) is 24.8 Å². The van der Waals surface area contributed by atoms with Crippen molar-refractivity contribution in [3.63, 3.8) is 0 Å². The Balaban J connectivity index is 1.85. The highest BCUT2D eigenvalue weighted by Gasteiger charge is 2.10. The molecule has 0 bridgehead atoms.